The molecule has 2 heterocycles. The first-order valence-corrected chi connectivity index (χ1v) is 10.9. The molecule has 1 aliphatic carbocycles. The van der Waals surface area contributed by atoms with Gasteiger partial charge in [-0.2, -0.15) is 0 Å². The SMILES string of the molecule is COc1cc(C2c3cc4c(cc3CC(N3CCOCC3)C2O)OCO4)cc(OC)c1OC. The molecule has 2 aromatic rings. The molecular weight excluding hydrogens is 414 g/mol. The lowest BCUT2D eigenvalue weighted by molar-refractivity contribution is -0.0292. The van der Waals surface area contributed by atoms with E-state index >= 15 is 0 Å². The van der Waals surface area contributed by atoms with E-state index in [1.165, 1.54) is 0 Å². The van der Waals surface area contributed by atoms with Crippen LogP contribution in [-0.4, -0.2) is 76.6 Å². The first-order chi connectivity index (χ1) is 15.6. The summed E-state index contributed by atoms with van der Waals surface area (Å²) in [6.45, 7) is 3.15. The summed E-state index contributed by atoms with van der Waals surface area (Å²) in [4.78, 5) is 2.33. The van der Waals surface area contributed by atoms with Crippen molar-refractivity contribution in [2.24, 2.45) is 0 Å². The van der Waals surface area contributed by atoms with Gasteiger partial charge in [-0.05, 0) is 47.4 Å². The van der Waals surface area contributed by atoms with Gasteiger partial charge in [0.05, 0.1) is 40.6 Å². The number of nitrogens with zero attached hydrogens (tertiary/aromatic N) is 1. The maximum absolute atomic E-state index is 11.7. The second-order valence-corrected chi connectivity index (χ2v) is 8.25. The van der Waals surface area contributed by atoms with E-state index < -0.39 is 6.10 Å². The molecule has 3 aliphatic rings. The molecule has 0 radical (unpaired) electrons. The third-order valence-electron chi connectivity index (χ3n) is 6.70. The maximum Gasteiger partial charge on any atom is 0.231 e. The van der Waals surface area contributed by atoms with E-state index in [9.17, 15) is 5.11 Å². The Bertz CT molecular complexity index is 964. The molecule has 172 valence electrons. The second kappa shape index (κ2) is 8.69. The van der Waals surface area contributed by atoms with E-state index in [0.29, 0.717) is 36.2 Å². The predicted molar refractivity (Wildman–Crippen MR) is 116 cm³/mol. The van der Waals surface area contributed by atoms with Gasteiger partial charge in [-0.3, -0.25) is 4.90 Å². The van der Waals surface area contributed by atoms with Crippen molar-refractivity contribution < 1.29 is 33.5 Å². The number of aliphatic hydroxyl groups excluding tert-OH is 1. The van der Waals surface area contributed by atoms with E-state index in [-0.39, 0.29) is 18.8 Å². The van der Waals surface area contributed by atoms with Crippen molar-refractivity contribution in [2.75, 3.05) is 54.4 Å². The number of methoxy groups -OCH3 is 3. The van der Waals surface area contributed by atoms with E-state index in [4.69, 9.17) is 28.4 Å². The zero-order valence-electron chi connectivity index (χ0n) is 18.6. The number of ether oxygens (including phenoxy) is 6. The normalized spacial score (nSPS) is 24.7. The van der Waals surface area contributed by atoms with Crippen LogP contribution in [0.3, 0.4) is 0 Å². The van der Waals surface area contributed by atoms with Crippen molar-refractivity contribution in [1.29, 1.82) is 0 Å². The molecule has 8 heteroatoms. The second-order valence-electron chi connectivity index (χ2n) is 8.25. The predicted octanol–water partition coefficient (Wildman–Crippen LogP) is 2.19. The highest BCUT2D eigenvalue weighted by Crippen LogP contribution is 2.48. The van der Waals surface area contributed by atoms with E-state index in [1.54, 1.807) is 21.3 Å². The van der Waals surface area contributed by atoms with Gasteiger partial charge >= 0.3 is 0 Å². The lowest BCUT2D eigenvalue weighted by Crippen LogP contribution is -2.53. The van der Waals surface area contributed by atoms with Gasteiger partial charge in [-0.15, -0.1) is 0 Å². The van der Waals surface area contributed by atoms with Crippen molar-refractivity contribution in [3.8, 4) is 28.7 Å². The first-order valence-electron chi connectivity index (χ1n) is 10.9. The van der Waals surface area contributed by atoms with Crippen molar-refractivity contribution >= 4 is 0 Å². The molecule has 0 aromatic heterocycles. The fraction of sp³-hybridized carbons (Fsp3) is 0.500. The van der Waals surface area contributed by atoms with Crippen LogP contribution in [0.5, 0.6) is 28.7 Å². The topological polar surface area (TPSA) is 78.9 Å². The molecule has 8 nitrogen and oxygen atoms in total. The molecule has 3 unspecified atom stereocenters. The Morgan fingerprint density at radius 2 is 1.56 bits per heavy atom. The van der Waals surface area contributed by atoms with Crippen molar-refractivity contribution in [2.45, 2.75) is 24.5 Å². The Kier molecular flexibility index (Phi) is 5.75. The third-order valence-corrected chi connectivity index (χ3v) is 6.70. The highest BCUT2D eigenvalue weighted by Gasteiger charge is 2.41. The van der Waals surface area contributed by atoms with Crippen LogP contribution < -0.4 is 23.7 Å². The van der Waals surface area contributed by atoms with Crippen LogP contribution >= 0.6 is 0 Å². The molecule has 1 N–H and O–H groups in total. The number of hydrogen-bond donors (Lipinski definition) is 1. The monoisotopic (exact) mass is 443 g/mol. The van der Waals surface area contributed by atoms with Gasteiger partial charge in [0.2, 0.25) is 12.5 Å². The molecule has 0 saturated carbocycles. The summed E-state index contributed by atoms with van der Waals surface area (Å²) in [7, 11) is 4.78. The van der Waals surface area contributed by atoms with Gasteiger partial charge in [0, 0.05) is 25.0 Å². The molecule has 0 amide bonds. The van der Waals surface area contributed by atoms with Gasteiger partial charge in [-0.1, -0.05) is 0 Å². The number of fused-ring (bicyclic) bond motifs is 2. The van der Waals surface area contributed by atoms with Gasteiger partial charge in [0.15, 0.2) is 23.0 Å². The number of morpholine rings is 1. The summed E-state index contributed by atoms with van der Waals surface area (Å²) in [5.74, 6) is 2.81. The van der Waals surface area contributed by atoms with Gasteiger partial charge in [-0.25, -0.2) is 0 Å². The minimum Gasteiger partial charge on any atom is -0.493 e. The zero-order valence-corrected chi connectivity index (χ0v) is 18.6. The molecule has 3 atom stereocenters. The van der Waals surface area contributed by atoms with Gasteiger partial charge < -0.3 is 33.5 Å². The Morgan fingerprint density at radius 3 is 2.19 bits per heavy atom. The Morgan fingerprint density at radius 1 is 0.906 bits per heavy atom. The number of aliphatic hydroxyl groups is 1. The summed E-state index contributed by atoms with van der Waals surface area (Å²) in [6, 6.07) is 7.86. The Hall–Kier alpha value is -2.68. The molecule has 0 bridgehead atoms. The summed E-state index contributed by atoms with van der Waals surface area (Å²) in [5, 5.41) is 11.7. The molecule has 1 fully saturated rings. The largest absolute Gasteiger partial charge is 0.493 e. The van der Waals surface area contributed by atoms with Crippen molar-refractivity contribution in [3.05, 3.63) is 41.0 Å². The number of rotatable bonds is 5. The van der Waals surface area contributed by atoms with Crippen LogP contribution in [0.15, 0.2) is 24.3 Å². The number of hydrogen-bond acceptors (Lipinski definition) is 8. The molecule has 0 spiro atoms. The highest BCUT2D eigenvalue weighted by molar-refractivity contribution is 5.59. The minimum absolute atomic E-state index is 0.0455. The summed E-state index contributed by atoms with van der Waals surface area (Å²) in [5.41, 5.74) is 3.07. The standard InChI is InChI=1S/C24H29NO7/c1-27-20-10-15(11-21(28-2)24(20)29-3)22-16-12-19-18(31-13-32-19)9-14(16)8-17(23(22)26)25-4-6-30-7-5-25/h9-12,17,22-23,26H,4-8,13H2,1-3H3. The van der Waals surface area contributed by atoms with Crippen LogP contribution in [0.2, 0.25) is 0 Å². The Balaban J connectivity index is 1.64. The number of benzene rings is 2. The fourth-order valence-electron chi connectivity index (χ4n) is 5.13. The van der Waals surface area contributed by atoms with Crippen LogP contribution in [0.25, 0.3) is 0 Å². The lowest BCUT2D eigenvalue weighted by Gasteiger charge is -2.44. The van der Waals surface area contributed by atoms with Crippen molar-refractivity contribution in [1.82, 2.24) is 4.90 Å². The summed E-state index contributed by atoms with van der Waals surface area (Å²) in [6.07, 6.45) is 0.0948. The quantitative estimate of drug-likeness (QED) is 0.754. The molecular formula is C24H29NO7. The van der Waals surface area contributed by atoms with E-state index in [2.05, 4.69) is 11.0 Å². The summed E-state index contributed by atoms with van der Waals surface area (Å²) < 4.78 is 33.5. The fourth-order valence-corrected chi connectivity index (χ4v) is 5.13. The van der Waals surface area contributed by atoms with E-state index in [1.807, 2.05) is 18.2 Å². The third kappa shape index (κ3) is 3.52. The van der Waals surface area contributed by atoms with Crippen LogP contribution in [-0.2, 0) is 11.2 Å². The average Bonchev–Trinajstić information content (AvgIpc) is 3.29. The highest BCUT2D eigenvalue weighted by atomic mass is 16.7. The molecule has 32 heavy (non-hydrogen) atoms. The molecule has 1 saturated heterocycles. The van der Waals surface area contributed by atoms with Gasteiger partial charge in [0.1, 0.15) is 0 Å². The average molecular weight is 443 g/mol. The Labute approximate surface area is 187 Å². The van der Waals surface area contributed by atoms with E-state index in [0.717, 1.165) is 42.0 Å². The molecule has 2 aliphatic heterocycles. The molecule has 5 rings (SSSR count). The van der Waals surface area contributed by atoms with Gasteiger partial charge in [0.25, 0.3) is 0 Å². The lowest BCUT2D eigenvalue weighted by atomic mass is 9.73. The van der Waals surface area contributed by atoms with Crippen LogP contribution in [0.4, 0.5) is 0 Å². The maximum atomic E-state index is 11.7. The van der Waals surface area contributed by atoms with Crippen LogP contribution in [0, 0.1) is 0 Å². The minimum atomic E-state index is -0.635. The van der Waals surface area contributed by atoms with Crippen molar-refractivity contribution in [3.63, 3.8) is 0 Å². The summed E-state index contributed by atoms with van der Waals surface area (Å²) >= 11 is 0. The zero-order chi connectivity index (χ0) is 22.2. The first kappa shape index (κ1) is 21.2. The molecule has 2 aromatic carbocycles. The van der Waals surface area contributed by atoms with Crippen LogP contribution in [0.1, 0.15) is 22.6 Å². The smallest absolute Gasteiger partial charge is 0.231 e.